The fraction of sp³-hybridized carbons (Fsp3) is 0.250. The van der Waals surface area contributed by atoms with Crippen molar-refractivity contribution in [1.29, 1.82) is 0 Å². The average Bonchev–Trinajstić information content (AvgIpc) is 2.94. The van der Waals surface area contributed by atoms with Gasteiger partial charge in [0.2, 0.25) is 0 Å². The number of aryl methyl sites for hydroxylation is 3. The lowest BCUT2D eigenvalue weighted by Gasteiger charge is -2.25. The topological polar surface area (TPSA) is 17.0 Å². The van der Waals surface area contributed by atoms with Crippen molar-refractivity contribution in [2.45, 2.75) is 39.7 Å². The molecule has 0 radical (unpaired) electrons. The molecule has 1 aromatic heterocycles. The predicted molar refractivity (Wildman–Crippen MR) is 111 cm³/mol. The summed E-state index contributed by atoms with van der Waals surface area (Å²) < 4.78 is 2.33. The second-order valence-corrected chi connectivity index (χ2v) is 7.31. The van der Waals surface area contributed by atoms with E-state index in [0.717, 1.165) is 12.8 Å². The molecule has 2 nitrogen and oxygen atoms in total. The minimum Gasteiger partial charge on any atom is -0.379 e. The molecule has 0 fully saturated rings. The Bertz CT molecular complexity index is 948. The van der Waals surface area contributed by atoms with E-state index in [4.69, 9.17) is 0 Å². The van der Waals surface area contributed by atoms with Crippen molar-refractivity contribution in [3.63, 3.8) is 0 Å². The highest BCUT2D eigenvalue weighted by molar-refractivity contribution is 5.60. The van der Waals surface area contributed by atoms with Crippen molar-refractivity contribution in [1.82, 2.24) is 4.57 Å². The van der Waals surface area contributed by atoms with Crippen LogP contribution in [0.4, 0.5) is 5.69 Å². The lowest BCUT2D eigenvalue weighted by molar-refractivity contribution is 0.732. The molecule has 0 saturated heterocycles. The molecular weight excluding hydrogens is 316 g/mol. The number of benzene rings is 2. The fourth-order valence-electron chi connectivity index (χ4n) is 3.95. The van der Waals surface area contributed by atoms with Crippen LogP contribution < -0.4 is 5.32 Å². The zero-order valence-corrected chi connectivity index (χ0v) is 15.8. The van der Waals surface area contributed by atoms with E-state index < -0.39 is 0 Å². The second kappa shape index (κ2) is 6.87. The molecule has 132 valence electrons. The Labute approximate surface area is 156 Å². The molecule has 1 aliphatic rings. The molecule has 1 aliphatic heterocycles. The summed E-state index contributed by atoms with van der Waals surface area (Å²) in [5.41, 5.74) is 9.14. The molecular formula is C24H26N2. The van der Waals surface area contributed by atoms with Crippen molar-refractivity contribution in [3.05, 3.63) is 88.8 Å². The van der Waals surface area contributed by atoms with E-state index in [1.54, 1.807) is 0 Å². The van der Waals surface area contributed by atoms with E-state index in [-0.39, 0.29) is 0 Å². The van der Waals surface area contributed by atoms with Gasteiger partial charge < -0.3 is 9.88 Å². The third-order valence-corrected chi connectivity index (χ3v) is 5.32. The van der Waals surface area contributed by atoms with Gasteiger partial charge in [-0.1, -0.05) is 48.0 Å². The number of hydrogen-bond acceptors (Lipinski definition) is 1. The summed E-state index contributed by atoms with van der Waals surface area (Å²) in [6, 6.07) is 19.9. The first kappa shape index (κ1) is 16.7. The normalized spacial score (nSPS) is 16.5. The maximum absolute atomic E-state index is 3.67. The third-order valence-electron chi connectivity index (χ3n) is 5.32. The molecule has 0 amide bonds. The summed E-state index contributed by atoms with van der Waals surface area (Å²) in [4.78, 5) is 0. The Hall–Kier alpha value is -2.74. The van der Waals surface area contributed by atoms with Gasteiger partial charge in [0, 0.05) is 28.8 Å². The van der Waals surface area contributed by atoms with Crippen molar-refractivity contribution < 1.29 is 0 Å². The SMILES string of the molecule is Cc1ccc2c(c1)CCC(/C=C/c1cc(C)n(-c3ccccc3)c1C)N2. The van der Waals surface area contributed by atoms with Crippen molar-refractivity contribution in [3.8, 4) is 5.69 Å². The minimum absolute atomic E-state index is 0.394. The highest BCUT2D eigenvalue weighted by Crippen LogP contribution is 2.27. The van der Waals surface area contributed by atoms with Crippen LogP contribution in [0.3, 0.4) is 0 Å². The van der Waals surface area contributed by atoms with E-state index in [1.807, 2.05) is 0 Å². The number of fused-ring (bicyclic) bond motifs is 1. The molecule has 4 rings (SSSR count). The highest BCUT2D eigenvalue weighted by atomic mass is 15.0. The summed E-state index contributed by atoms with van der Waals surface area (Å²) in [6.07, 6.45) is 6.88. The molecule has 1 unspecified atom stereocenters. The van der Waals surface area contributed by atoms with Crippen LogP contribution in [0, 0.1) is 20.8 Å². The van der Waals surface area contributed by atoms with Gasteiger partial charge in [-0.25, -0.2) is 0 Å². The number of anilines is 1. The van der Waals surface area contributed by atoms with Gasteiger partial charge in [-0.15, -0.1) is 0 Å². The van der Waals surface area contributed by atoms with Gasteiger partial charge in [-0.3, -0.25) is 0 Å². The van der Waals surface area contributed by atoms with Crippen LogP contribution >= 0.6 is 0 Å². The molecule has 26 heavy (non-hydrogen) atoms. The van der Waals surface area contributed by atoms with E-state index in [0.29, 0.717) is 6.04 Å². The van der Waals surface area contributed by atoms with Crippen LogP contribution in [-0.2, 0) is 6.42 Å². The molecule has 0 bridgehead atoms. The number of nitrogens with one attached hydrogen (secondary N) is 1. The number of hydrogen-bond donors (Lipinski definition) is 1. The lowest BCUT2D eigenvalue weighted by Crippen LogP contribution is -2.23. The van der Waals surface area contributed by atoms with E-state index >= 15 is 0 Å². The Balaban J connectivity index is 1.56. The molecule has 3 aromatic rings. The molecule has 2 aromatic carbocycles. The van der Waals surface area contributed by atoms with Gasteiger partial charge in [0.1, 0.15) is 0 Å². The predicted octanol–water partition coefficient (Wildman–Crippen LogP) is 5.84. The lowest BCUT2D eigenvalue weighted by atomic mass is 9.96. The minimum atomic E-state index is 0.394. The standard InChI is InChI=1S/C24H26N2/c1-17-9-14-24-21(15-17)11-13-22(25-24)12-10-20-16-18(2)26(19(20)3)23-7-5-4-6-8-23/h4-10,12,14-16,22,25H,11,13H2,1-3H3/b12-10+. The first-order valence-corrected chi connectivity index (χ1v) is 9.40. The molecule has 0 spiro atoms. The van der Waals surface area contributed by atoms with Crippen LogP contribution in [0.2, 0.25) is 0 Å². The zero-order valence-electron chi connectivity index (χ0n) is 15.8. The number of para-hydroxylation sites is 1. The summed E-state index contributed by atoms with van der Waals surface area (Å²) >= 11 is 0. The van der Waals surface area contributed by atoms with Crippen molar-refractivity contribution >= 4 is 11.8 Å². The molecule has 2 heteroatoms. The molecule has 0 aliphatic carbocycles. The van der Waals surface area contributed by atoms with Crippen LogP contribution in [0.1, 0.15) is 34.5 Å². The molecule has 1 atom stereocenters. The Morgan fingerprint density at radius 2 is 1.81 bits per heavy atom. The summed E-state index contributed by atoms with van der Waals surface area (Å²) in [6.45, 7) is 6.54. The van der Waals surface area contributed by atoms with Crippen LogP contribution in [0.15, 0.2) is 60.7 Å². The van der Waals surface area contributed by atoms with Gasteiger partial charge in [-0.05, 0) is 69.0 Å². The monoisotopic (exact) mass is 342 g/mol. The van der Waals surface area contributed by atoms with E-state index in [9.17, 15) is 0 Å². The Morgan fingerprint density at radius 3 is 2.62 bits per heavy atom. The van der Waals surface area contributed by atoms with E-state index in [2.05, 4.69) is 97.4 Å². The molecule has 1 N–H and O–H groups in total. The van der Waals surface area contributed by atoms with E-state index in [1.165, 1.54) is 39.5 Å². The summed E-state index contributed by atoms with van der Waals surface area (Å²) in [5.74, 6) is 0. The van der Waals surface area contributed by atoms with Crippen molar-refractivity contribution in [2.75, 3.05) is 5.32 Å². The Kier molecular flexibility index (Phi) is 4.42. The quantitative estimate of drug-likeness (QED) is 0.632. The third kappa shape index (κ3) is 3.20. The first-order chi connectivity index (χ1) is 12.6. The molecule has 2 heterocycles. The Morgan fingerprint density at radius 1 is 1.00 bits per heavy atom. The van der Waals surface area contributed by atoms with Gasteiger partial charge in [-0.2, -0.15) is 0 Å². The van der Waals surface area contributed by atoms with Gasteiger partial charge >= 0.3 is 0 Å². The van der Waals surface area contributed by atoms with Crippen molar-refractivity contribution in [2.24, 2.45) is 0 Å². The van der Waals surface area contributed by atoms with Gasteiger partial charge in [0.15, 0.2) is 0 Å². The summed E-state index contributed by atoms with van der Waals surface area (Å²) in [5, 5.41) is 3.67. The van der Waals surface area contributed by atoms with Gasteiger partial charge in [0.25, 0.3) is 0 Å². The zero-order chi connectivity index (χ0) is 18.1. The fourth-order valence-corrected chi connectivity index (χ4v) is 3.95. The molecule has 0 saturated carbocycles. The number of nitrogens with zero attached hydrogens (tertiary/aromatic N) is 1. The summed E-state index contributed by atoms with van der Waals surface area (Å²) in [7, 11) is 0. The van der Waals surface area contributed by atoms with Crippen LogP contribution in [0.5, 0.6) is 0 Å². The first-order valence-electron chi connectivity index (χ1n) is 9.40. The van der Waals surface area contributed by atoms with Crippen LogP contribution in [0.25, 0.3) is 11.8 Å². The van der Waals surface area contributed by atoms with Gasteiger partial charge in [0.05, 0.1) is 0 Å². The maximum atomic E-state index is 3.67. The maximum Gasteiger partial charge on any atom is 0.0455 e. The number of aromatic nitrogens is 1. The number of rotatable bonds is 3. The smallest absolute Gasteiger partial charge is 0.0455 e. The highest BCUT2D eigenvalue weighted by Gasteiger charge is 2.16. The second-order valence-electron chi connectivity index (χ2n) is 7.31. The average molecular weight is 342 g/mol. The largest absolute Gasteiger partial charge is 0.379 e. The van der Waals surface area contributed by atoms with Crippen LogP contribution in [-0.4, -0.2) is 10.6 Å².